The van der Waals surface area contributed by atoms with Gasteiger partial charge in [-0.15, -0.1) is 0 Å². The highest BCUT2D eigenvalue weighted by molar-refractivity contribution is 5.99. The van der Waals surface area contributed by atoms with Gasteiger partial charge in [-0.25, -0.2) is 0 Å². The van der Waals surface area contributed by atoms with E-state index in [-0.39, 0.29) is 19.0 Å². The van der Waals surface area contributed by atoms with Gasteiger partial charge in [-0.1, -0.05) is 25.1 Å². The molecule has 1 aliphatic rings. The van der Waals surface area contributed by atoms with Crippen molar-refractivity contribution in [3.8, 4) is 0 Å². The molecule has 0 fully saturated rings. The number of hydrogen-bond donors (Lipinski definition) is 2. The number of carbonyl (C=O) groups is 2. The van der Waals surface area contributed by atoms with Crippen molar-refractivity contribution in [1.82, 2.24) is 5.32 Å². The van der Waals surface area contributed by atoms with E-state index in [1.54, 1.807) is 23.1 Å². The zero-order valence-corrected chi connectivity index (χ0v) is 10.2. The maximum absolute atomic E-state index is 12.0. The molecule has 0 saturated carbocycles. The van der Waals surface area contributed by atoms with Gasteiger partial charge in [0.05, 0.1) is 6.54 Å². The van der Waals surface area contributed by atoms with E-state index in [1.807, 2.05) is 13.0 Å². The number of amides is 1. The summed E-state index contributed by atoms with van der Waals surface area (Å²) in [4.78, 5) is 24.8. The smallest absolute Gasteiger partial charge is 0.312 e. The van der Waals surface area contributed by atoms with E-state index < -0.39 is 11.9 Å². The Labute approximate surface area is 105 Å². The van der Waals surface area contributed by atoms with Crippen molar-refractivity contribution in [3.05, 3.63) is 29.8 Å². The third-order valence-electron chi connectivity index (χ3n) is 3.09. The van der Waals surface area contributed by atoms with Gasteiger partial charge in [0.25, 0.3) is 0 Å². The van der Waals surface area contributed by atoms with Gasteiger partial charge in [0, 0.05) is 12.2 Å². The number of nitrogens with zero attached hydrogens (tertiary/aromatic N) is 1. The Balaban J connectivity index is 2.25. The third-order valence-corrected chi connectivity index (χ3v) is 3.09. The van der Waals surface area contributed by atoms with Crippen molar-refractivity contribution in [2.45, 2.75) is 12.8 Å². The minimum absolute atomic E-state index is 0.0898. The van der Waals surface area contributed by atoms with Crippen LogP contribution in [0.3, 0.4) is 0 Å². The number of nitrogens with one attached hydrogen (secondary N) is 1. The SMILES string of the molecule is CCNCC(=O)N1CC(C(=O)O)c2ccccc21. The number of hydrogen-bond acceptors (Lipinski definition) is 3. The number of carboxylic acid groups (broad SMARTS) is 1. The first kappa shape index (κ1) is 12.6. The van der Waals surface area contributed by atoms with E-state index in [1.165, 1.54) is 0 Å². The summed E-state index contributed by atoms with van der Waals surface area (Å²) in [6.07, 6.45) is 0. The molecule has 0 radical (unpaired) electrons. The first-order chi connectivity index (χ1) is 8.65. The van der Waals surface area contributed by atoms with Crippen molar-refractivity contribution < 1.29 is 14.7 Å². The Morgan fingerprint density at radius 1 is 1.44 bits per heavy atom. The average molecular weight is 248 g/mol. The summed E-state index contributed by atoms with van der Waals surface area (Å²) >= 11 is 0. The van der Waals surface area contributed by atoms with Crippen LogP contribution in [0.15, 0.2) is 24.3 Å². The fourth-order valence-electron chi connectivity index (χ4n) is 2.18. The Bertz CT molecular complexity index is 473. The number of aliphatic carboxylic acids is 1. The van der Waals surface area contributed by atoms with Gasteiger partial charge in [-0.2, -0.15) is 0 Å². The molecule has 1 aromatic carbocycles. The average Bonchev–Trinajstić information content (AvgIpc) is 2.75. The molecule has 5 nitrogen and oxygen atoms in total. The molecule has 0 saturated heterocycles. The Morgan fingerprint density at radius 2 is 2.17 bits per heavy atom. The van der Waals surface area contributed by atoms with Crippen LogP contribution in [0.4, 0.5) is 5.69 Å². The first-order valence-electron chi connectivity index (χ1n) is 5.98. The fourth-order valence-corrected chi connectivity index (χ4v) is 2.18. The molecule has 1 amide bonds. The quantitative estimate of drug-likeness (QED) is 0.827. The number of fused-ring (bicyclic) bond motifs is 1. The van der Waals surface area contributed by atoms with Crippen molar-refractivity contribution in [3.63, 3.8) is 0 Å². The number of carboxylic acids is 1. The van der Waals surface area contributed by atoms with Gasteiger partial charge >= 0.3 is 5.97 Å². The monoisotopic (exact) mass is 248 g/mol. The Hall–Kier alpha value is -1.88. The van der Waals surface area contributed by atoms with Gasteiger partial charge in [0.15, 0.2) is 0 Å². The summed E-state index contributed by atoms with van der Waals surface area (Å²) in [7, 11) is 0. The Morgan fingerprint density at radius 3 is 2.83 bits per heavy atom. The lowest BCUT2D eigenvalue weighted by molar-refractivity contribution is -0.138. The number of likely N-dealkylation sites (N-methyl/N-ethyl adjacent to an activating group) is 1. The highest BCUT2D eigenvalue weighted by Crippen LogP contribution is 2.36. The van der Waals surface area contributed by atoms with E-state index in [2.05, 4.69) is 5.32 Å². The van der Waals surface area contributed by atoms with Crippen LogP contribution in [0.2, 0.25) is 0 Å². The van der Waals surface area contributed by atoms with E-state index in [4.69, 9.17) is 0 Å². The minimum atomic E-state index is -0.888. The second-order valence-corrected chi connectivity index (χ2v) is 4.23. The molecule has 0 aromatic heterocycles. The molecule has 5 heteroatoms. The molecule has 0 spiro atoms. The molecule has 2 rings (SSSR count). The van der Waals surface area contributed by atoms with Crippen LogP contribution in [0.25, 0.3) is 0 Å². The predicted molar refractivity (Wildman–Crippen MR) is 67.7 cm³/mol. The number of rotatable bonds is 4. The lowest BCUT2D eigenvalue weighted by Crippen LogP contribution is -2.38. The van der Waals surface area contributed by atoms with Crippen molar-refractivity contribution in [2.24, 2.45) is 0 Å². The zero-order valence-electron chi connectivity index (χ0n) is 10.2. The predicted octanol–water partition coefficient (Wildman–Crippen LogP) is 0.811. The highest BCUT2D eigenvalue weighted by Gasteiger charge is 2.35. The van der Waals surface area contributed by atoms with Gasteiger partial charge in [0.2, 0.25) is 5.91 Å². The first-order valence-corrected chi connectivity index (χ1v) is 5.98. The van der Waals surface area contributed by atoms with E-state index in [9.17, 15) is 14.7 Å². The molecule has 1 heterocycles. The van der Waals surface area contributed by atoms with E-state index in [0.717, 1.165) is 5.56 Å². The van der Waals surface area contributed by atoms with Crippen LogP contribution in [0.1, 0.15) is 18.4 Å². The van der Waals surface area contributed by atoms with Crippen LogP contribution in [-0.4, -0.2) is 36.6 Å². The molecular weight excluding hydrogens is 232 g/mol. The second kappa shape index (κ2) is 5.18. The topological polar surface area (TPSA) is 69.6 Å². The molecule has 1 aromatic rings. The summed E-state index contributed by atoms with van der Waals surface area (Å²) < 4.78 is 0. The molecule has 0 aliphatic carbocycles. The van der Waals surface area contributed by atoms with Crippen LogP contribution < -0.4 is 10.2 Å². The van der Waals surface area contributed by atoms with Gasteiger partial charge in [-0.05, 0) is 18.2 Å². The molecule has 0 bridgehead atoms. The van der Waals surface area contributed by atoms with Crippen LogP contribution in [-0.2, 0) is 9.59 Å². The summed E-state index contributed by atoms with van der Waals surface area (Å²) in [5.74, 6) is -1.60. The highest BCUT2D eigenvalue weighted by atomic mass is 16.4. The van der Waals surface area contributed by atoms with Crippen LogP contribution in [0, 0.1) is 0 Å². The summed E-state index contributed by atoms with van der Waals surface area (Å²) in [6, 6.07) is 7.18. The number of anilines is 1. The fraction of sp³-hybridized carbons (Fsp3) is 0.385. The lowest BCUT2D eigenvalue weighted by atomic mass is 10.0. The van der Waals surface area contributed by atoms with Crippen LogP contribution in [0.5, 0.6) is 0 Å². The Kier molecular flexibility index (Phi) is 3.62. The number of benzene rings is 1. The summed E-state index contributed by atoms with van der Waals surface area (Å²) in [6.45, 7) is 3.09. The summed E-state index contributed by atoms with van der Waals surface area (Å²) in [5.41, 5.74) is 1.43. The lowest BCUT2D eigenvalue weighted by Gasteiger charge is -2.17. The molecular formula is C13H16N2O3. The number of carbonyl (C=O) groups excluding carboxylic acids is 1. The zero-order chi connectivity index (χ0) is 13.1. The van der Waals surface area contributed by atoms with Crippen molar-refractivity contribution >= 4 is 17.6 Å². The van der Waals surface area contributed by atoms with Crippen molar-refractivity contribution in [1.29, 1.82) is 0 Å². The second-order valence-electron chi connectivity index (χ2n) is 4.23. The molecule has 1 aliphatic heterocycles. The normalized spacial score (nSPS) is 17.6. The largest absolute Gasteiger partial charge is 0.481 e. The standard InChI is InChI=1S/C13H16N2O3/c1-2-14-7-12(16)15-8-10(13(17)18)9-5-3-4-6-11(9)15/h3-6,10,14H,2,7-8H2,1H3,(H,17,18). The van der Waals surface area contributed by atoms with Crippen LogP contribution >= 0.6 is 0 Å². The minimum Gasteiger partial charge on any atom is -0.481 e. The third kappa shape index (κ3) is 2.22. The number of para-hydroxylation sites is 1. The summed E-state index contributed by atoms with van der Waals surface area (Å²) in [5, 5.41) is 12.1. The van der Waals surface area contributed by atoms with Gasteiger partial charge in [0.1, 0.15) is 5.92 Å². The maximum Gasteiger partial charge on any atom is 0.312 e. The van der Waals surface area contributed by atoms with E-state index in [0.29, 0.717) is 12.2 Å². The molecule has 96 valence electrons. The molecule has 1 unspecified atom stereocenters. The van der Waals surface area contributed by atoms with E-state index >= 15 is 0 Å². The van der Waals surface area contributed by atoms with Gasteiger partial charge in [-0.3, -0.25) is 9.59 Å². The maximum atomic E-state index is 12.0. The van der Waals surface area contributed by atoms with Crippen molar-refractivity contribution in [2.75, 3.05) is 24.5 Å². The molecule has 18 heavy (non-hydrogen) atoms. The molecule has 2 N–H and O–H groups in total. The molecule has 1 atom stereocenters. The van der Waals surface area contributed by atoms with Gasteiger partial charge < -0.3 is 15.3 Å².